The Kier molecular flexibility index (Phi) is 6.18. The minimum Gasteiger partial charge on any atom is -0.508 e. The Morgan fingerprint density at radius 1 is 0.966 bits per heavy atom. The van der Waals surface area contributed by atoms with Crippen molar-refractivity contribution in [3.63, 3.8) is 0 Å². The highest BCUT2D eigenvalue weighted by Gasteiger charge is 2.17. The van der Waals surface area contributed by atoms with Crippen molar-refractivity contribution < 1.29 is 14.1 Å². The largest absolute Gasteiger partial charge is 0.508 e. The first-order valence-corrected chi connectivity index (χ1v) is 10.6. The average Bonchev–Trinajstić information content (AvgIpc) is 2.68. The Hall–Kier alpha value is -2.92. The molecule has 0 aliphatic carbocycles. The second-order valence-electron chi connectivity index (χ2n) is 7.40. The van der Waals surface area contributed by atoms with E-state index in [2.05, 4.69) is 5.32 Å². The summed E-state index contributed by atoms with van der Waals surface area (Å²) in [7, 11) is -1.39. The molecule has 0 bridgehead atoms. The van der Waals surface area contributed by atoms with Gasteiger partial charge in [0.2, 0.25) is 0 Å². The van der Waals surface area contributed by atoms with E-state index >= 15 is 0 Å². The zero-order valence-corrected chi connectivity index (χ0v) is 17.8. The van der Waals surface area contributed by atoms with Crippen LogP contribution >= 0.6 is 0 Å². The predicted octanol–water partition coefficient (Wildman–Crippen LogP) is 5.55. The van der Waals surface area contributed by atoms with Crippen molar-refractivity contribution in [2.75, 3.05) is 5.32 Å². The highest BCUT2D eigenvalue weighted by molar-refractivity contribution is 7.85. The number of phenols is 1. The molecule has 3 aromatic carbocycles. The lowest BCUT2D eigenvalue weighted by atomic mass is 10.0. The van der Waals surface area contributed by atoms with E-state index in [1.54, 1.807) is 30.3 Å². The molecular formula is C24H25NO3S. The third-order valence-corrected chi connectivity index (χ3v) is 6.47. The van der Waals surface area contributed by atoms with E-state index in [9.17, 15) is 14.1 Å². The summed E-state index contributed by atoms with van der Waals surface area (Å²) in [4.78, 5) is 13.8. The molecule has 3 rings (SSSR count). The summed E-state index contributed by atoms with van der Waals surface area (Å²) in [6.45, 7) is 7.76. The smallest absolute Gasteiger partial charge is 0.255 e. The highest BCUT2D eigenvalue weighted by atomic mass is 32.2. The Balaban J connectivity index is 1.91. The number of hydrogen-bond donors (Lipinski definition) is 2. The van der Waals surface area contributed by atoms with Crippen LogP contribution in [-0.2, 0) is 10.8 Å². The molecule has 150 valence electrons. The molecule has 29 heavy (non-hydrogen) atoms. The van der Waals surface area contributed by atoms with Crippen molar-refractivity contribution in [2.24, 2.45) is 0 Å². The lowest BCUT2D eigenvalue weighted by Gasteiger charge is -2.15. The lowest BCUT2D eigenvalue weighted by molar-refractivity contribution is 0.102. The molecule has 1 unspecified atom stereocenters. The zero-order valence-electron chi connectivity index (χ0n) is 17.0. The summed E-state index contributed by atoms with van der Waals surface area (Å²) >= 11 is 0. The molecule has 0 radical (unpaired) electrons. The number of benzene rings is 3. The number of nitrogens with one attached hydrogen (secondary N) is 1. The van der Waals surface area contributed by atoms with Gasteiger partial charge >= 0.3 is 0 Å². The number of carbonyl (C=O) groups is 1. The maximum Gasteiger partial charge on any atom is 0.255 e. The van der Waals surface area contributed by atoms with Crippen LogP contribution in [0.3, 0.4) is 0 Å². The van der Waals surface area contributed by atoms with Crippen molar-refractivity contribution in [2.45, 2.75) is 43.4 Å². The molecule has 5 heteroatoms. The van der Waals surface area contributed by atoms with Gasteiger partial charge in [-0.2, -0.15) is 0 Å². The van der Waals surface area contributed by atoms with Crippen molar-refractivity contribution in [1.29, 1.82) is 0 Å². The van der Waals surface area contributed by atoms with Crippen molar-refractivity contribution >= 4 is 22.4 Å². The minimum absolute atomic E-state index is 0.129. The fourth-order valence-corrected chi connectivity index (χ4v) is 4.70. The molecule has 0 aliphatic rings. The summed E-state index contributed by atoms with van der Waals surface area (Å²) in [6.07, 6.45) is 0. The monoisotopic (exact) mass is 407 g/mol. The number of aryl methyl sites for hydroxylation is 2. The Morgan fingerprint density at radius 2 is 1.59 bits per heavy atom. The maximum atomic E-state index is 13.3. The third kappa shape index (κ3) is 4.57. The van der Waals surface area contributed by atoms with E-state index in [1.165, 1.54) is 0 Å². The summed E-state index contributed by atoms with van der Waals surface area (Å²) in [5.41, 5.74) is 3.71. The molecule has 0 aromatic heterocycles. The van der Waals surface area contributed by atoms with E-state index < -0.39 is 10.8 Å². The van der Waals surface area contributed by atoms with Crippen LogP contribution in [0.5, 0.6) is 5.75 Å². The van der Waals surface area contributed by atoms with Crippen LogP contribution in [0.1, 0.15) is 46.8 Å². The minimum atomic E-state index is -1.39. The van der Waals surface area contributed by atoms with E-state index in [-0.39, 0.29) is 17.6 Å². The fourth-order valence-electron chi connectivity index (χ4n) is 3.34. The Labute approximate surface area is 174 Å². The van der Waals surface area contributed by atoms with E-state index in [1.807, 2.05) is 58.0 Å². The number of hydrogen-bond acceptors (Lipinski definition) is 3. The first-order chi connectivity index (χ1) is 13.8. The van der Waals surface area contributed by atoms with Crippen molar-refractivity contribution in [1.82, 2.24) is 0 Å². The number of aromatic hydroxyl groups is 1. The second kappa shape index (κ2) is 8.62. The zero-order chi connectivity index (χ0) is 21.1. The molecule has 3 aromatic rings. The van der Waals surface area contributed by atoms with Crippen LogP contribution in [0.4, 0.5) is 5.69 Å². The second-order valence-corrected chi connectivity index (χ2v) is 8.82. The van der Waals surface area contributed by atoms with Crippen LogP contribution in [0.25, 0.3) is 0 Å². The lowest BCUT2D eigenvalue weighted by Crippen LogP contribution is -2.12. The summed E-state index contributed by atoms with van der Waals surface area (Å²) in [6, 6.07) is 17.8. The van der Waals surface area contributed by atoms with Gasteiger partial charge in [-0.25, -0.2) is 4.21 Å². The molecular weight excluding hydrogens is 382 g/mol. The van der Waals surface area contributed by atoms with Gasteiger partial charge in [-0.15, -0.1) is 0 Å². The SMILES string of the molecule is Cc1cc(NC(=O)c2ccccc2)cc(C)c1S(=O)c1ccc(O)c(C(C)C)c1. The molecule has 0 saturated heterocycles. The molecule has 0 aliphatic heterocycles. The molecule has 0 saturated carbocycles. The molecule has 0 fully saturated rings. The van der Waals surface area contributed by atoms with Gasteiger partial charge in [0.1, 0.15) is 5.75 Å². The van der Waals surface area contributed by atoms with Crippen LogP contribution in [0, 0.1) is 13.8 Å². The average molecular weight is 408 g/mol. The predicted molar refractivity (Wildman–Crippen MR) is 117 cm³/mol. The highest BCUT2D eigenvalue weighted by Crippen LogP contribution is 2.32. The van der Waals surface area contributed by atoms with Gasteiger partial charge < -0.3 is 10.4 Å². The topological polar surface area (TPSA) is 66.4 Å². The number of carbonyl (C=O) groups excluding carboxylic acids is 1. The third-order valence-electron chi connectivity index (χ3n) is 4.77. The van der Waals surface area contributed by atoms with Gasteiger partial charge in [0.15, 0.2) is 0 Å². The number of rotatable bonds is 5. The molecule has 1 atom stereocenters. The van der Waals surface area contributed by atoms with E-state index in [4.69, 9.17) is 0 Å². The van der Waals surface area contributed by atoms with Gasteiger partial charge in [0, 0.05) is 21.0 Å². The van der Waals surface area contributed by atoms with Crippen LogP contribution < -0.4 is 5.32 Å². The summed E-state index contributed by atoms with van der Waals surface area (Å²) in [5.74, 6) is 0.163. The van der Waals surface area contributed by atoms with Crippen molar-refractivity contribution in [3.8, 4) is 5.75 Å². The van der Waals surface area contributed by atoms with Gasteiger partial charge in [-0.3, -0.25) is 4.79 Å². The number of amides is 1. The Bertz CT molecular complexity index is 1050. The van der Waals surface area contributed by atoms with Gasteiger partial charge in [-0.1, -0.05) is 32.0 Å². The molecule has 4 nitrogen and oxygen atoms in total. The van der Waals surface area contributed by atoms with Gasteiger partial charge in [0.05, 0.1) is 10.8 Å². The molecule has 0 heterocycles. The van der Waals surface area contributed by atoms with Crippen LogP contribution in [0.2, 0.25) is 0 Å². The number of anilines is 1. The van der Waals surface area contributed by atoms with Crippen LogP contribution in [-0.4, -0.2) is 15.2 Å². The standard InChI is InChI=1S/C24H25NO3S/c1-15(2)21-14-20(10-11-22(21)26)29(28)23-16(3)12-19(13-17(23)4)25-24(27)18-8-6-5-7-9-18/h5-15,26H,1-4H3,(H,25,27). The molecule has 1 amide bonds. The quantitative estimate of drug-likeness (QED) is 0.583. The van der Waals surface area contributed by atoms with E-state index in [0.717, 1.165) is 21.6 Å². The van der Waals surface area contributed by atoms with Crippen molar-refractivity contribution in [3.05, 3.63) is 82.9 Å². The van der Waals surface area contributed by atoms with Gasteiger partial charge in [-0.05, 0) is 78.9 Å². The normalized spacial score (nSPS) is 12.0. The fraction of sp³-hybridized carbons (Fsp3) is 0.208. The number of phenolic OH excluding ortho intramolecular Hbond substituents is 1. The summed E-state index contributed by atoms with van der Waals surface area (Å²) in [5, 5.41) is 12.9. The first kappa shape index (κ1) is 20.8. The van der Waals surface area contributed by atoms with Crippen LogP contribution in [0.15, 0.2) is 70.5 Å². The molecule has 0 spiro atoms. The van der Waals surface area contributed by atoms with E-state index in [0.29, 0.717) is 16.1 Å². The summed E-state index contributed by atoms with van der Waals surface area (Å²) < 4.78 is 13.3. The van der Waals surface area contributed by atoms with Gasteiger partial charge in [0.25, 0.3) is 5.91 Å². The first-order valence-electron chi connectivity index (χ1n) is 9.50. The maximum absolute atomic E-state index is 13.3. The molecule has 2 N–H and O–H groups in total. The Morgan fingerprint density at radius 3 is 2.17 bits per heavy atom.